The molecule has 0 aliphatic carbocycles. The first kappa shape index (κ1) is 17.4. The fraction of sp³-hybridized carbons (Fsp3) is 0.692. The van der Waals surface area contributed by atoms with E-state index in [0.29, 0.717) is 34.9 Å². The summed E-state index contributed by atoms with van der Waals surface area (Å²) in [6, 6.07) is 1.76. The molecule has 0 bridgehead atoms. The number of halogens is 1. The van der Waals surface area contributed by atoms with Crippen molar-refractivity contribution in [2.45, 2.75) is 37.3 Å². The van der Waals surface area contributed by atoms with Gasteiger partial charge in [-0.2, -0.15) is 4.31 Å². The van der Waals surface area contributed by atoms with Crippen LogP contribution in [-0.4, -0.2) is 45.6 Å². The summed E-state index contributed by atoms with van der Waals surface area (Å²) in [4.78, 5) is 1.39. The van der Waals surface area contributed by atoms with E-state index >= 15 is 0 Å². The number of rotatable bonds is 6. The average Bonchev–Trinajstić information content (AvgIpc) is 2.82. The SMILES string of the molecule is CCOC1CCN(S(=O)(=O)c2cc(CNC)sc2Br)CC1. The van der Waals surface area contributed by atoms with E-state index in [9.17, 15) is 8.42 Å². The zero-order valence-corrected chi connectivity index (χ0v) is 15.5. The number of thiophene rings is 1. The Labute approximate surface area is 138 Å². The normalized spacial score (nSPS) is 18.2. The first-order chi connectivity index (χ1) is 9.98. The van der Waals surface area contributed by atoms with Crippen molar-refractivity contribution in [3.8, 4) is 0 Å². The third-order valence-corrected chi connectivity index (χ3v) is 7.63. The molecule has 0 aromatic carbocycles. The molecule has 8 heteroatoms. The zero-order chi connectivity index (χ0) is 15.5. The lowest BCUT2D eigenvalue weighted by Crippen LogP contribution is -2.40. The third-order valence-electron chi connectivity index (χ3n) is 3.48. The van der Waals surface area contributed by atoms with Crippen molar-refractivity contribution in [3.63, 3.8) is 0 Å². The van der Waals surface area contributed by atoms with Crippen molar-refractivity contribution < 1.29 is 13.2 Å². The van der Waals surface area contributed by atoms with Crippen LogP contribution < -0.4 is 5.32 Å². The van der Waals surface area contributed by atoms with E-state index < -0.39 is 10.0 Å². The Morgan fingerprint density at radius 1 is 1.48 bits per heavy atom. The molecule has 0 saturated carbocycles. The van der Waals surface area contributed by atoms with Crippen LogP contribution in [0.2, 0.25) is 0 Å². The zero-order valence-electron chi connectivity index (χ0n) is 12.3. The number of sulfonamides is 1. The number of nitrogens with zero attached hydrogens (tertiary/aromatic N) is 1. The van der Waals surface area contributed by atoms with Gasteiger partial charge in [-0.25, -0.2) is 8.42 Å². The molecule has 2 rings (SSSR count). The fourth-order valence-electron chi connectivity index (χ4n) is 2.45. The van der Waals surface area contributed by atoms with Crippen molar-refractivity contribution in [3.05, 3.63) is 14.7 Å². The van der Waals surface area contributed by atoms with Crippen molar-refractivity contribution in [1.82, 2.24) is 9.62 Å². The first-order valence-electron chi connectivity index (χ1n) is 7.03. The summed E-state index contributed by atoms with van der Waals surface area (Å²) in [5.41, 5.74) is 0. The lowest BCUT2D eigenvalue weighted by atomic mass is 10.1. The molecular formula is C13H21BrN2O3S2. The summed E-state index contributed by atoms with van der Waals surface area (Å²) < 4.78 is 33.3. The molecule has 0 amide bonds. The van der Waals surface area contributed by atoms with Gasteiger partial charge in [0, 0.05) is 31.1 Å². The van der Waals surface area contributed by atoms with E-state index in [0.717, 1.165) is 17.7 Å². The summed E-state index contributed by atoms with van der Waals surface area (Å²) in [6.45, 7) is 4.37. The highest BCUT2D eigenvalue weighted by atomic mass is 79.9. The molecule has 0 atom stereocenters. The molecule has 1 aliphatic rings. The van der Waals surface area contributed by atoms with E-state index in [-0.39, 0.29) is 6.10 Å². The van der Waals surface area contributed by atoms with E-state index in [1.54, 1.807) is 10.4 Å². The van der Waals surface area contributed by atoms with Gasteiger partial charge in [0.1, 0.15) is 4.90 Å². The van der Waals surface area contributed by atoms with E-state index in [1.165, 1.54) is 11.3 Å². The molecule has 1 N–H and O–H groups in total. The molecule has 1 fully saturated rings. The second-order valence-corrected chi connectivity index (χ2v) is 9.30. The van der Waals surface area contributed by atoms with E-state index in [4.69, 9.17) is 4.74 Å². The second kappa shape index (κ2) is 7.52. The highest BCUT2D eigenvalue weighted by Gasteiger charge is 2.32. The van der Waals surface area contributed by atoms with Crippen LogP contribution in [0.4, 0.5) is 0 Å². The highest BCUT2D eigenvalue weighted by Crippen LogP contribution is 2.34. The van der Waals surface area contributed by atoms with Crippen LogP contribution in [0.5, 0.6) is 0 Å². The summed E-state index contributed by atoms with van der Waals surface area (Å²) in [6.07, 6.45) is 1.71. The molecular weight excluding hydrogens is 376 g/mol. The van der Waals surface area contributed by atoms with Gasteiger partial charge in [-0.3, -0.25) is 0 Å². The van der Waals surface area contributed by atoms with Crippen molar-refractivity contribution in [2.75, 3.05) is 26.7 Å². The Hall–Kier alpha value is 0.01000. The summed E-state index contributed by atoms with van der Waals surface area (Å²) in [5.74, 6) is 0. The Balaban J connectivity index is 2.12. The van der Waals surface area contributed by atoms with Crippen LogP contribution in [0, 0.1) is 0 Å². The van der Waals surface area contributed by atoms with Crippen molar-refractivity contribution in [1.29, 1.82) is 0 Å². The minimum Gasteiger partial charge on any atom is -0.378 e. The number of piperidine rings is 1. The van der Waals surface area contributed by atoms with Crippen molar-refractivity contribution in [2.24, 2.45) is 0 Å². The average molecular weight is 397 g/mol. The highest BCUT2D eigenvalue weighted by molar-refractivity contribution is 9.11. The molecule has 1 aromatic heterocycles. The predicted octanol–water partition coefficient (Wildman–Crippen LogP) is 2.42. The quantitative estimate of drug-likeness (QED) is 0.801. The maximum atomic E-state index is 12.7. The molecule has 0 unspecified atom stereocenters. The fourth-order valence-corrected chi connectivity index (χ4v) is 6.56. The van der Waals surface area contributed by atoms with Crippen LogP contribution in [0.1, 0.15) is 24.6 Å². The number of ether oxygens (including phenoxy) is 1. The minimum absolute atomic E-state index is 0.187. The molecule has 5 nitrogen and oxygen atoms in total. The Bertz CT molecular complexity index is 566. The number of hydrogen-bond donors (Lipinski definition) is 1. The Morgan fingerprint density at radius 2 is 2.14 bits per heavy atom. The summed E-state index contributed by atoms with van der Waals surface area (Å²) in [7, 11) is -1.57. The Morgan fingerprint density at radius 3 is 2.71 bits per heavy atom. The topological polar surface area (TPSA) is 58.6 Å². The van der Waals surface area contributed by atoms with Crippen LogP contribution in [-0.2, 0) is 21.3 Å². The standard InChI is InChI=1S/C13H21BrN2O3S2/c1-3-19-10-4-6-16(7-5-10)21(17,18)12-8-11(9-15-2)20-13(12)14/h8,10,15H,3-7,9H2,1-2H3. The molecule has 120 valence electrons. The van der Waals surface area contributed by atoms with Crippen LogP contribution >= 0.6 is 27.3 Å². The van der Waals surface area contributed by atoms with Crippen LogP contribution in [0.15, 0.2) is 14.7 Å². The molecule has 1 aromatic rings. The van der Waals surface area contributed by atoms with Crippen LogP contribution in [0.25, 0.3) is 0 Å². The number of nitrogens with one attached hydrogen (secondary N) is 1. The van der Waals surface area contributed by atoms with Crippen molar-refractivity contribution >= 4 is 37.3 Å². The maximum absolute atomic E-state index is 12.7. The monoisotopic (exact) mass is 396 g/mol. The first-order valence-corrected chi connectivity index (χ1v) is 10.1. The van der Waals surface area contributed by atoms with Gasteiger partial charge in [0.15, 0.2) is 0 Å². The molecule has 1 saturated heterocycles. The number of hydrogen-bond acceptors (Lipinski definition) is 5. The Kier molecular flexibility index (Phi) is 6.22. The van der Waals surface area contributed by atoms with Gasteiger partial charge in [-0.15, -0.1) is 11.3 Å². The van der Waals surface area contributed by atoms with Gasteiger partial charge in [-0.05, 0) is 48.8 Å². The second-order valence-electron chi connectivity index (χ2n) is 4.94. The van der Waals surface area contributed by atoms with Gasteiger partial charge in [0.2, 0.25) is 10.0 Å². The van der Waals surface area contributed by atoms with E-state index in [2.05, 4.69) is 21.2 Å². The molecule has 21 heavy (non-hydrogen) atoms. The lowest BCUT2D eigenvalue weighted by Gasteiger charge is -2.30. The van der Waals surface area contributed by atoms with E-state index in [1.807, 2.05) is 14.0 Å². The van der Waals surface area contributed by atoms with Crippen LogP contribution in [0.3, 0.4) is 0 Å². The molecule has 1 aliphatic heterocycles. The van der Waals surface area contributed by atoms with Gasteiger partial charge in [0.05, 0.1) is 9.89 Å². The van der Waals surface area contributed by atoms with Gasteiger partial charge in [0.25, 0.3) is 0 Å². The van der Waals surface area contributed by atoms with Gasteiger partial charge in [-0.1, -0.05) is 0 Å². The van der Waals surface area contributed by atoms with Gasteiger partial charge >= 0.3 is 0 Å². The molecule has 0 radical (unpaired) electrons. The molecule has 2 heterocycles. The summed E-state index contributed by atoms with van der Waals surface area (Å²) >= 11 is 4.85. The minimum atomic E-state index is -3.42. The third kappa shape index (κ3) is 4.05. The summed E-state index contributed by atoms with van der Waals surface area (Å²) in [5, 5.41) is 3.04. The largest absolute Gasteiger partial charge is 0.378 e. The predicted molar refractivity (Wildman–Crippen MR) is 88.2 cm³/mol. The maximum Gasteiger partial charge on any atom is 0.245 e. The van der Waals surface area contributed by atoms with Gasteiger partial charge < -0.3 is 10.1 Å². The molecule has 0 spiro atoms. The lowest BCUT2D eigenvalue weighted by molar-refractivity contribution is 0.0290. The smallest absolute Gasteiger partial charge is 0.245 e.